The highest BCUT2D eigenvalue weighted by Crippen LogP contribution is 2.18. The van der Waals surface area contributed by atoms with Gasteiger partial charge in [0.15, 0.2) is 0 Å². The van der Waals surface area contributed by atoms with Gasteiger partial charge in [0.25, 0.3) is 0 Å². The lowest BCUT2D eigenvalue weighted by atomic mass is 9.96. The Labute approximate surface area is 102 Å². The van der Waals surface area contributed by atoms with Gasteiger partial charge in [-0.25, -0.2) is 0 Å². The topological polar surface area (TPSA) is 52.3 Å². The highest BCUT2D eigenvalue weighted by molar-refractivity contribution is 5.85. The lowest BCUT2D eigenvalue weighted by molar-refractivity contribution is -0.143. The van der Waals surface area contributed by atoms with Crippen molar-refractivity contribution < 1.29 is 9.53 Å². The lowest BCUT2D eigenvalue weighted by Crippen LogP contribution is -2.17. The van der Waals surface area contributed by atoms with Crippen LogP contribution in [0.3, 0.4) is 0 Å². The van der Waals surface area contributed by atoms with E-state index in [-0.39, 0.29) is 24.3 Å². The Bertz CT molecular complexity index is 303. The van der Waals surface area contributed by atoms with Gasteiger partial charge >= 0.3 is 5.97 Å². The molecule has 2 N–H and O–H groups in total. The van der Waals surface area contributed by atoms with Crippen molar-refractivity contribution in [2.45, 2.75) is 19.3 Å². The van der Waals surface area contributed by atoms with Gasteiger partial charge < -0.3 is 10.5 Å². The molecule has 0 aliphatic heterocycles. The zero-order valence-corrected chi connectivity index (χ0v) is 10.2. The van der Waals surface area contributed by atoms with E-state index < -0.39 is 0 Å². The first kappa shape index (κ1) is 14.9. The second-order valence-electron chi connectivity index (χ2n) is 3.35. The Hall–Kier alpha value is -1.06. The summed E-state index contributed by atoms with van der Waals surface area (Å²) in [6.07, 6.45) is 0.356. The van der Waals surface area contributed by atoms with Crippen molar-refractivity contribution in [3.8, 4) is 0 Å². The molecule has 0 spiro atoms. The van der Waals surface area contributed by atoms with Crippen LogP contribution in [-0.4, -0.2) is 19.1 Å². The Morgan fingerprint density at radius 2 is 2.00 bits per heavy atom. The summed E-state index contributed by atoms with van der Waals surface area (Å²) in [4.78, 5) is 11.3. The number of rotatable bonds is 5. The molecule has 0 aliphatic carbocycles. The summed E-state index contributed by atoms with van der Waals surface area (Å²) < 4.78 is 4.90. The average Bonchev–Trinajstić information content (AvgIpc) is 2.27. The fourth-order valence-electron chi connectivity index (χ4n) is 1.48. The average molecular weight is 244 g/mol. The van der Waals surface area contributed by atoms with E-state index in [9.17, 15) is 4.79 Å². The van der Waals surface area contributed by atoms with E-state index in [1.807, 2.05) is 30.3 Å². The maximum Gasteiger partial charge on any atom is 0.306 e. The third-order valence-electron chi connectivity index (χ3n) is 2.27. The third-order valence-corrected chi connectivity index (χ3v) is 2.27. The molecule has 0 aliphatic rings. The summed E-state index contributed by atoms with van der Waals surface area (Å²) in [5, 5.41) is 0. The quantitative estimate of drug-likeness (QED) is 0.806. The standard InChI is InChI=1S/C12H17NO2.ClH/c1-2-15-12(14)8-11(9-13)10-6-4-3-5-7-10;/h3-7,11H,2,8-9,13H2,1H3;1H. The van der Waals surface area contributed by atoms with Gasteiger partial charge in [-0.15, -0.1) is 12.4 Å². The van der Waals surface area contributed by atoms with Crippen molar-refractivity contribution in [1.82, 2.24) is 0 Å². The largest absolute Gasteiger partial charge is 0.466 e. The first-order valence-corrected chi connectivity index (χ1v) is 5.18. The van der Waals surface area contributed by atoms with Crippen LogP contribution in [0.15, 0.2) is 30.3 Å². The van der Waals surface area contributed by atoms with Crippen molar-refractivity contribution >= 4 is 18.4 Å². The summed E-state index contributed by atoms with van der Waals surface area (Å²) in [5.41, 5.74) is 6.73. The van der Waals surface area contributed by atoms with Gasteiger partial charge in [-0.05, 0) is 19.0 Å². The predicted molar refractivity (Wildman–Crippen MR) is 66.7 cm³/mol. The maximum absolute atomic E-state index is 11.3. The molecular weight excluding hydrogens is 226 g/mol. The molecule has 0 fully saturated rings. The molecule has 4 heteroatoms. The summed E-state index contributed by atoms with van der Waals surface area (Å²) >= 11 is 0. The molecule has 1 aromatic rings. The molecule has 1 rings (SSSR count). The van der Waals surface area contributed by atoms with Crippen molar-refractivity contribution in [1.29, 1.82) is 0 Å². The Balaban J connectivity index is 0.00000225. The number of carbonyl (C=O) groups excluding carboxylic acids is 1. The lowest BCUT2D eigenvalue weighted by Gasteiger charge is -2.13. The van der Waals surface area contributed by atoms with Gasteiger partial charge in [-0.3, -0.25) is 4.79 Å². The van der Waals surface area contributed by atoms with E-state index in [2.05, 4.69) is 0 Å². The number of ether oxygens (including phenoxy) is 1. The maximum atomic E-state index is 11.3. The number of carbonyl (C=O) groups is 1. The summed E-state index contributed by atoms with van der Waals surface area (Å²) in [7, 11) is 0. The number of halogens is 1. The SMILES string of the molecule is CCOC(=O)CC(CN)c1ccccc1.Cl. The highest BCUT2D eigenvalue weighted by Gasteiger charge is 2.14. The van der Waals surface area contributed by atoms with Crippen molar-refractivity contribution in [3.05, 3.63) is 35.9 Å². The van der Waals surface area contributed by atoms with Crippen LogP contribution in [0, 0.1) is 0 Å². The van der Waals surface area contributed by atoms with Crippen molar-refractivity contribution in [2.75, 3.05) is 13.2 Å². The molecule has 0 amide bonds. The van der Waals surface area contributed by atoms with Crippen LogP contribution in [0.5, 0.6) is 0 Å². The van der Waals surface area contributed by atoms with Crippen molar-refractivity contribution in [3.63, 3.8) is 0 Å². The van der Waals surface area contributed by atoms with E-state index >= 15 is 0 Å². The van der Waals surface area contributed by atoms with Gasteiger partial charge in [0.05, 0.1) is 13.0 Å². The summed E-state index contributed by atoms with van der Waals surface area (Å²) in [6, 6.07) is 9.81. The van der Waals surface area contributed by atoms with Crippen LogP contribution < -0.4 is 5.73 Å². The van der Waals surface area contributed by atoms with Gasteiger partial charge in [-0.2, -0.15) is 0 Å². The van der Waals surface area contributed by atoms with Gasteiger partial charge in [0, 0.05) is 5.92 Å². The van der Waals surface area contributed by atoms with Crippen LogP contribution in [0.25, 0.3) is 0 Å². The second kappa shape index (κ2) is 8.13. The molecule has 0 saturated carbocycles. The molecule has 1 aromatic carbocycles. The van der Waals surface area contributed by atoms with Gasteiger partial charge in [0.2, 0.25) is 0 Å². The van der Waals surface area contributed by atoms with Crippen LogP contribution >= 0.6 is 12.4 Å². The Morgan fingerprint density at radius 1 is 1.38 bits per heavy atom. The number of hydrogen-bond acceptors (Lipinski definition) is 3. The Kier molecular flexibility index (Phi) is 7.60. The predicted octanol–water partition coefficient (Wildman–Crippen LogP) is 2.10. The molecule has 0 bridgehead atoms. The first-order valence-electron chi connectivity index (χ1n) is 5.18. The van der Waals surface area contributed by atoms with E-state index in [0.717, 1.165) is 5.56 Å². The number of benzene rings is 1. The third kappa shape index (κ3) is 4.64. The number of nitrogens with two attached hydrogens (primary N) is 1. The van der Waals surface area contributed by atoms with E-state index in [0.29, 0.717) is 19.6 Å². The highest BCUT2D eigenvalue weighted by atomic mass is 35.5. The molecule has 1 atom stereocenters. The molecule has 1 unspecified atom stereocenters. The van der Waals surface area contributed by atoms with Crippen molar-refractivity contribution in [2.24, 2.45) is 5.73 Å². The molecule has 0 saturated heterocycles. The smallest absolute Gasteiger partial charge is 0.306 e. The summed E-state index contributed by atoms with van der Waals surface area (Å²) in [5.74, 6) is -0.123. The molecule has 0 aromatic heterocycles. The second-order valence-corrected chi connectivity index (χ2v) is 3.35. The zero-order valence-electron chi connectivity index (χ0n) is 9.39. The number of esters is 1. The van der Waals surface area contributed by atoms with E-state index in [4.69, 9.17) is 10.5 Å². The number of hydrogen-bond donors (Lipinski definition) is 1. The normalized spacial score (nSPS) is 11.4. The minimum Gasteiger partial charge on any atom is -0.466 e. The van der Waals surface area contributed by atoms with E-state index in [1.54, 1.807) is 6.92 Å². The molecule has 16 heavy (non-hydrogen) atoms. The minimum atomic E-state index is -0.184. The van der Waals surface area contributed by atoms with Crippen LogP contribution in [-0.2, 0) is 9.53 Å². The van der Waals surface area contributed by atoms with Crippen LogP contribution in [0.1, 0.15) is 24.8 Å². The van der Waals surface area contributed by atoms with Crippen LogP contribution in [0.4, 0.5) is 0 Å². The zero-order chi connectivity index (χ0) is 11.1. The fourth-order valence-corrected chi connectivity index (χ4v) is 1.48. The van der Waals surface area contributed by atoms with Gasteiger partial charge in [0.1, 0.15) is 0 Å². The molecule has 0 radical (unpaired) electrons. The Morgan fingerprint density at radius 3 is 2.50 bits per heavy atom. The summed E-state index contributed by atoms with van der Waals surface area (Å²) in [6.45, 7) is 2.69. The first-order chi connectivity index (χ1) is 7.27. The molecule has 3 nitrogen and oxygen atoms in total. The minimum absolute atomic E-state index is 0. The molecule has 90 valence electrons. The van der Waals surface area contributed by atoms with Gasteiger partial charge in [-0.1, -0.05) is 30.3 Å². The monoisotopic (exact) mass is 243 g/mol. The molecule has 0 heterocycles. The fraction of sp³-hybridized carbons (Fsp3) is 0.417. The molecular formula is C12H18ClNO2. The van der Waals surface area contributed by atoms with Crippen LogP contribution in [0.2, 0.25) is 0 Å². The van der Waals surface area contributed by atoms with E-state index in [1.165, 1.54) is 0 Å².